The van der Waals surface area contributed by atoms with Crippen molar-refractivity contribution in [1.82, 2.24) is 20.3 Å². The van der Waals surface area contributed by atoms with Gasteiger partial charge in [0, 0.05) is 6.54 Å². The van der Waals surface area contributed by atoms with Gasteiger partial charge in [-0.3, -0.25) is 4.79 Å². The van der Waals surface area contributed by atoms with E-state index in [0.29, 0.717) is 5.69 Å². The topological polar surface area (TPSA) is 59.8 Å². The van der Waals surface area contributed by atoms with E-state index in [2.05, 4.69) is 15.6 Å². The lowest BCUT2D eigenvalue weighted by Crippen LogP contribution is -2.45. The number of aryl methyl sites for hydroxylation is 1. The molecule has 1 N–H and O–H groups in total. The number of nitrogens with one attached hydrogen (secondary N) is 1. The van der Waals surface area contributed by atoms with Crippen molar-refractivity contribution in [3.8, 4) is 0 Å². The number of hydrogen-bond donors (Lipinski definition) is 1. The number of likely N-dealkylation sites (N-methyl/N-ethyl adjacent to an activating group) is 1. The Bertz CT molecular complexity index is 343. The van der Waals surface area contributed by atoms with Crippen molar-refractivity contribution in [2.24, 2.45) is 0 Å². The molecule has 0 atom stereocenters. The summed E-state index contributed by atoms with van der Waals surface area (Å²) in [4.78, 5) is 12.1. The van der Waals surface area contributed by atoms with Gasteiger partial charge in [0.05, 0.1) is 11.7 Å². The average Bonchev–Trinajstić information content (AvgIpc) is 2.65. The Kier molecular flexibility index (Phi) is 3.57. The number of carbonyl (C=O) groups is 1. The van der Waals surface area contributed by atoms with Gasteiger partial charge >= 0.3 is 0 Å². The zero-order valence-electron chi connectivity index (χ0n) is 9.74. The van der Waals surface area contributed by atoms with Gasteiger partial charge in [-0.15, -0.1) is 5.10 Å². The maximum atomic E-state index is 12.1. The van der Waals surface area contributed by atoms with Crippen LogP contribution in [0.25, 0.3) is 0 Å². The Morgan fingerprint density at radius 1 is 1.60 bits per heavy atom. The Labute approximate surface area is 89.9 Å². The molecule has 0 bridgehead atoms. The van der Waals surface area contributed by atoms with Crippen LogP contribution in [-0.4, -0.2) is 33.4 Å². The van der Waals surface area contributed by atoms with Crippen LogP contribution < -0.4 is 5.32 Å². The number of rotatable bonds is 5. The van der Waals surface area contributed by atoms with Crippen LogP contribution in [0.5, 0.6) is 0 Å². The summed E-state index contributed by atoms with van der Waals surface area (Å²) in [6, 6.07) is 0. The molecule has 0 saturated heterocycles. The fourth-order valence-corrected chi connectivity index (χ4v) is 1.24. The van der Waals surface area contributed by atoms with Gasteiger partial charge in [0.1, 0.15) is 5.69 Å². The maximum Gasteiger partial charge on any atom is 0.201 e. The standard InChI is InChI=1S/C10H18N4O/c1-5-6-14-8(7-12-13-14)9(15)10(2,3)11-4/h7,11H,5-6H2,1-4H3. The second-order valence-electron chi connectivity index (χ2n) is 4.05. The molecule has 84 valence electrons. The third-order valence-electron chi connectivity index (χ3n) is 2.48. The average molecular weight is 210 g/mol. The molecule has 5 heteroatoms. The van der Waals surface area contributed by atoms with Gasteiger partial charge in [-0.05, 0) is 27.3 Å². The molecule has 0 unspecified atom stereocenters. The molecule has 1 aromatic heterocycles. The summed E-state index contributed by atoms with van der Waals surface area (Å²) in [6.07, 6.45) is 2.46. The van der Waals surface area contributed by atoms with E-state index in [1.807, 2.05) is 20.8 Å². The van der Waals surface area contributed by atoms with Crippen molar-refractivity contribution < 1.29 is 4.79 Å². The van der Waals surface area contributed by atoms with Crippen LogP contribution in [0.15, 0.2) is 6.20 Å². The summed E-state index contributed by atoms with van der Waals surface area (Å²) in [5.41, 5.74) is -0.0103. The lowest BCUT2D eigenvalue weighted by Gasteiger charge is -2.21. The molecular weight excluding hydrogens is 192 g/mol. The summed E-state index contributed by atoms with van der Waals surface area (Å²) in [7, 11) is 1.77. The summed E-state index contributed by atoms with van der Waals surface area (Å²) in [5, 5.41) is 10.6. The van der Waals surface area contributed by atoms with Gasteiger partial charge in [0.2, 0.25) is 5.78 Å². The second kappa shape index (κ2) is 4.53. The number of hydrogen-bond acceptors (Lipinski definition) is 4. The first-order valence-electron chi connectivity index (χ1n) is 5.15. The van der Waals surface area contributed by atoms with Crippen LogP contribution in [0.3, 0.4) is 0 Å². The maximum absolute atomic E-state index is 12.1. The molecule has 1 heterocycles. The fraction of sp³-hybridized carbons (Fsp3) is 0.700. The summed E-state index contributed by atoms with van der Waals surface area (Å²) in [5.74, 6) is 0.0171. The third kappa shape index (κ3) is 2.41. The first-order chi connectivity index (χ1) is 7.03. The minimum absolute atomic E-state index is 0.0171. The van der Waals surface area contributed by atoms with Gasteiger partial charge in [0.25, 0.3) is 0 Å². The van der Waals surface area contributed by atoms with E-state index in [1.54, 1.807) is 11.7 Å². The highest BCUT2D eigenvalue weighted by molar-refractivity contribution is 6.01. The second-order valence-corrected chi connectivity index (χ2v) is 4.05. The van der Waals surface area contributed by atoms with Crippen LogP contribution in [-0.2, 0) is 6.54 Å². The van der Waals surface area contributed by atoms with Crippen molar-refractivity contribution in [2.45, 2.75) is 39.3 Å². The zero-order chi connectivity index (χ0) is 11.5. The van der Waals surface area contributed by atoms with Gasteiger partial charge in [-0.2, -0.15) is 0 Å². The van der Waals surface area contributed by atoms with Gasteiger partial charge in [0.15, 0.2) is 0 Å². The van der Waals surface area contributed by atoms with E-state index in [4.69, 9.17) is 0 Å². The zero-order valence-corrected chi connectivity index (χ0v) is 9.74. The molecule has 0 spiro atoms. The number of aromatic nitrogens is 3. The SMILES string of the molecule is CCCn1nncc1C(=O)C(C)(C)NC. The van der Waals surface area contributed by atoms with Crippen molar-refractivity contribution in [3.05, 3.63) is 11.9 Å². The first kappa shape index (κ1) is 11.8. The van der Waals surface area contributed by atoms with E-state index >= 15 is 0 Å². The smallest absolute Gasteiger partial charge is 0.201 e. The Morgan fingerprint density at radius 2 is 2.27 bits per heavy atom. The lowest BCUT2D eigenvalue weighted by molar-refractivity contribution is 0.0878. The van der Waals surface area contributed by atoms with Crippen molar-refractivity contribution in [2.75, 3.05) is 7.05 Å². The lowest BCUT2D eigenvalue weighted by atomic mass is 9.97. The molecule has 0 aliphatic heterocycles. The van der Waals surface area contributed by atoms with E-state index < -0.39 is 5.54 Å². The van der Waals surface area contributed by atoms with Gasteiger partial charge in [-0.25, -0.2) is 4.68 Å². The number of Topliss-reactive ketones (excluding diaryl/α,β-unsaturated/α-hetero) is 1. The predicted molar refractivity (Wildman–Crippen MR) is 57.8 cm³/mol. The van der Waals surface area contributed by atoms with Crippen LogP contribution in [0.1, 0.15) is 37.7 Å². The highest BCUT2D eigenvalue weighted by Gasteiger charge is 2.29. The molecule has 0 amide bonds. The predicted octanol–water partition coefficient (Wildman–Crippen LogP) is 0.869. The van der Waals surface area contributed by atoms with Crippen molar-refractivity contribution in [1.29, 1.82) is 0 Å². The van der Waals surface area contributed by atoms with Crippen LogP contribution in [0.2, 0.25) is 0 Å². The quantitative estimate of drug-likeness (QED) is 0.732. The van der Waals surface area contributed by atoms with E-state index in [9.17, 15) is 4.79 Å². The Morgan fingerprint density at radius 3 is 2.80 bits per heavy atom. The summed E-state index contributed by atoms with van der Waals surface area (Å²) >= 11 is 0. The minimum Gasteiger partial charge on any atom is -0.308 e. The molecule has 0 radical (unpaired) electrons. The molecule has 1 rings (SSSR count). The Hall–Kier alpha value is -1.23. The molecule has 0 aliphatic rings. The normalized spacial score (nSPS) is 11.7. The molecule has 0 aromatic carbocycles. The molecule has 5 nitrogen and oxygen atoms in total. The molecule has 15 heavy (non-hydrogen) atoms. The molecule has 0 aliphatic carbocycles. The molecule has 1 aromatic rings. The third-order valence-corrected chi connectivity index (χ3v) is 2.48. The molecule has 0 fully saturated rings. The van der Waals surface area contributed by atoms with E-state index in [-0.39, 0.29) is 5.78 Å². The highest BCUT2D eigenvalue weighted by Crippen LogP contribution is 2.11. The van der Waals surface area contributed by atoms with E-state index in [1.165, 1.54) is 6.20 Å². The van der Waals surface area contributed by atoms with Gasteiger partial charge in [-0.1, -0.05) is 12.1 Å². The van der Waals surface area contributed by atoms with Crippen LogP contribution in [0.4, 0.5) is 0 Å². The number of nitrogens with zero attached hydrogens (tertiary/aromatic N) is 3. The van der Waals surface area contributed by atoms with Crippen molar-refractivity contribution in [3.63, 3.8) is 0 Å². The van der Waals surface area contributed by atoms with Crippen LogP contribution in [0, 0.1) is 0 Å². The van der Waals surface area contributed by atoms with Gasteiger partial charge < -0.3 is 5.32 Å². The summed E-state index contributed by atoms with van der Waals surface area (Å²) < 4.78 is 1.65. The number of ketones is 1. The largest absolute Gasteiger partial charge is 0.308 e. The molecular formula is C10H18N4O. The minimum atomic E-state index is -0.576. The van der Waals surface area contributed by atoms with Crippen LogP contribution >= 0.6 is 0 Å². The highest BCUT2D eigenvalue weighted by atomic mass is 16.1. The first-order valence-corrected chi connectivity index (χ1v) is 5.15. The number of carbonyl (C=O) groups excluding carboxylic acids is 1. The Balaban J connectivity index is 2.96. The fourth-order valence-electron chi connectivity index (χ4n) is 1.24. The summed E-state index contributed by atoms with van der Waals surface area (Å²) in [6.45, 7) is 6.46. The van der Waals surface area contributed by atoms with E-state index in [0.717, 1.165) is 13.0 Å². The van der Waals surface area contributed by atoms with Crippen molar-refractivity contribution >= 4 is 5.78 Å². The molecule has 0 saturated carbocycles. The monoisotopic (exact) mass is 210 g/mol.